The Balaban J connectivity index is 2.08. The fourth-order valence-corrected chi connectivity index (χ4v) is 1.76. The van der Waals surface area contributed by atoms with E-state index in [0.717, 1.165) is 0 Å². The van der Waals surface area contributed by atoms with Gasteiger partial charge in [0.05, 0.1) is 0 Å². The van der Waals surface area contributed by atoms with Crippen molar-refractivity contribution < 1.29 is 0 Å². The topological polar surface area (TPSA) is 63.8 Å². The summed E-state index contributed by atoms with van der Waals surface area (Å²) in [6.45, 7) is 4.50. The molecule has 0 amide bonds. The van der Waals surface area contributed by atoms with Crippen LogP contribution in [-0.4, -0.2) is 16.0 Å². The number of nitrogens with one attached hydrogen (secondary N) is 1. The maximum atomic E-state index is 5.70. The van der Waals surface area contributed by atoms with Crippen molar-refractivity contribution in [3.05, 3.63) is 12.4 Å². The van der Waals surface area contributed by atoms with Crippen LogP contribution in [0.2, 0.25) is 0 Å². The van der Waals surface area contributed by atoms with Gasteiger partial charge in [0.1, 0.15) is 0 Å². The van der Waals surface area contributed by atoms with Gasteiger partial charge in [0.25, 0.3) is 0 Å². The molecule has 1 aromatic rings. The number of rotatable bonds is 2. The molecular weight excluding hydrogens is 176 g/mol. The monoisotopic (exact) mass is 192 g/mol. The molecule has 0 saturated heterocycles. The lowest BCUT2D eigenvalue weighted by Crippen LogP contribution is -2.45. The zero-order valence-electron chi connectivity index (χ0n) is 8.62. The summed E-state index contributed by atoms with van der Waals surface area (Å²) in [6, 6.07) is 0.474. The maximum Gasteiger partial charge on any atom is 0.169 e. The zero-order chi connectivity index (χ0) is 10.2. The Bertz CT molecular complexity index is 335. The molecule has 1 aliphatic carbocycles. The molecule has 1 unspecified atom stereocenters. The average molecular weight is 192 g/mol. The van der Waals surface area contributed by atoms with Crippen LogP contribution in [0.1, 0.15) is 26.7 Å². The van der Waals surface area contributed by atoms with Crippen LogP contribution in [0.15, 0.2) is 12.4 Å². The molecule has 0 radical (unpaired) electrons. The highest BCUT2D eigenvalue weighted by molar-refractivity contribution is 5.56. The van der Waals surface area contributed by atoms with Gasteiger partial charge >= 0.3 is 0 Å². The number of anilines is 2. The summed E-state index contributed by atoms with van der Waals surface area (Å²) < 4.78 is 0. The molecule has 0 aromatic carbocycles. The molecule has 4 heteroatoms. The Morgan fingerprint density at radius 1 is 1.43 bits per heavy atom. The van der Waals surface area contributed by atoms with Gasteiger partial charge in [-0.1, -0.05) is 13.8 Å². The number of hydrogen-bond donors (Lipinski definition) is 2. The van der Waals surface area contributed by atoms with Crippen LogP contribution < -0.4 is 11.1 Å². The molecule has 0 spiro atoms. The van der Waals surface area contributed by atoms with Crippen molar-refractivity contribution in [1.82, 2.24) is 9.97 Å². The number of hydrogen-bond acceptors (Lipinski definition) is 4. The van der Waals surface area contributed by atoms with Gasteiger partial charge in [-0.05, 0) is 18.3 Å². The second-order valence-electron chi connectivity index (χ2n) is 4.51. The molecule has 0 aliphatic heterocycles. The highest BCUT2D eigenvalue weighted by atomic mass is 15.1. The van der Waals surface area contributed by atoms with Crippen LogP contribution >= 0.6 is 0 Å². The Morgan fingerprint density at radius 2 is 2.14 bits per heavy atom. The summed E-state index contributed by atoms with van der Waals surface area (Å²) in [6.07, 6.45) is 5.70. The Labute approximate surface area is 83.9 Å². The van der Waals surface area contributed by atoms with E-state index in [1.165, 1.54) is 12.8 Å². The normalized spacial score (nSPS) is 24.0. The molecule has 1 fully saturated rings. The van der Waals surface area contributed by atoms with E-state index in [4.69, 9.17) is 5.73 Å². The van der Waals surface area contributed by atoms with Crippen LogP contribution in [0.3, 0.4) is 0 Å². The molecule has 76 valence electrons. The van der Waals surface area contributed by atoms with E-state index in [-0.39, 0.29) is 0 Å². The zero-order valence-corrected chi connectivity index (χ0v) is 8.62. The standard InChI is InChI=1S/C10H16N4/c1-10(2)4-3-7(10)14-9-8(11)12-5-6-13-9/h5-7H,3-4H2,1-2H3,(H2,11,12)(H,13,14). The van der Waals surface area contributed by atoms with Crippen molar-refractivity contribution in [1.29, 1.82) is 0 Å². The number of nitrogens with two attached hydrogens (primary N) is 1. The molecule has 2 rings (SSSR count). The fourth-order valence-electron chi connectivity index (χ4n) is 1.76. The van der Waals surface area contributed by atoms with Crippen molar-refractivity contribution in [3.63, 3.8) is 0 Å². The Morgan fingerprint density at radius 3 is 2.64 bits per heavy atom. The van der Waals surface area contributed by atoms with Crippen molar-refractivity contribution >= 4 is 11.6 Å². The van der Waals surface area contributed by atoms with Gasteiger partial charge in [0.2, 0.25) is 0 Å². The minimum absolute atomic E-state index is 0.351. The Hall–Kier alpha value is -1.32. The smallest absolute Gasteiger partial charge is 0.169 e. The van der Waals surface area contributed by atoms with Crippen molar-refractivity contribution in [2.75, 3.05) is 11.1 Å². The fraction of sp³-hybridized carbons (Fsp3) is 0.600. The first kappa shape index (κ1) is 9.24. The summed E-state index contributed by atoms with van der Waals surface area (Å²) in [7, 11) is 0. The molecule has 4 nitrogen and oxygen atoms in total. The van der Waals surface area contributed by atoms with E-state index in [0.29, 0.717) is 23.1 Å². The Kier molecular flexibility index (Phi) is 2.06. The summed E-state index contributed by atoms with van der Waals surface area (Å²) in [5.74, 6) is 1.19. The molecule has 14 heavy (non-hydrogen) atoms. The third-order valence-electron chi connectivity index (χ3n) is 3.06. The van der Waals surface area contributed by atoms with Crippen molar-refractivity contribution in [3.8, 4) is 0 Å². The minimum Gasteiger partial charge on any atom is -0.381 e. The SMILES string of the molecule is CC1(C)CCC1Nc1nccnc1N. The van der Waals surface area contributed by atoms with Gasteiger partial charge in [-0.3, -0.25) is 0 Å². The number of nitrogen functional groups attached to an aromatic ring is 1. The maximum absolute atomic E-state index is 5.70. The molecule has 0 bridgehead atoms. The predicted octanol–water partition coefficient (Wildman–Crippen LogP) is 1.66. The van der Waals surface area contributed by atoms with E-state index in [1.807, 2.05) is 0 Å². The van der Waals surface area contributed by atoms with Crippen molar-refractivity contribution in [2.45, 2.75) is 32.7 Å². The summed E-state index contributed by atoms with van der Waals surface area (Å²) >= 11 is 0. The van der Waals surface area contributed by atoms with E-state index >= 15 is 0 Å². The van der Waals surface area contributed by atoms with Crippen LogP contribution in [0.25, 0.3) is 0 Å². The quantitative estimate of drug-likeness (QED) is 0.748. The van der Waals surface area contributed by atoms with E-state index in [1.54, 1.807) is 12.4 Å². The van der Waals surface area contributed by atoms with Gasteiger partial charge in [0.15, 0.2) is 11.6 Å². The minimum atomic E-state index is 0.351. The largest absolute Gasteiger partial charge is 0.381 e. The second kappa shape index (κ2) is 3.12. The van der Waals surface area contributed by atoms with E-state index < -0.39 is 0 Å². The lowest BCUT2D eigenvalue weighted by atomic mass is 9.67. The molecule has 1 saturated carbocycles. The number of nitrogens with zero attached hydrogens (tertiary/aromatic N) is 2. The van der Waals surface area contributed by atoms with Gasteiger partial charge in [0, 0.05) is 18.4 Å². The lowest BCUT2D eigenvalue weighted by Gasteiger charge is -2.45. The van der Waals surface area contributed by atoms with Gasteiger partial charge in [-0.25, -0.2) is 9.97 Å². The molecule has 1 heterocycles. The highest BCUT2D eigenvalue weighted by Gasteiger charge is 2.38. The summed E-state index contributed by atoms with van der Waals surface area (Å²) in [5, 5.41) is 3.34. The first-order chi connectivity index (χ1) is 6.59. The average Bonchev–Trinajstić information content (AvgIpc) is 2.15. The molecule has 1 aromatic heterocycles. The third-order valence-corrected chi connectivity index (χ3v) is 3.06. The first-order valence-electron chi connectivity index (χ1n) is 4.92. The first-order valence-corrected chi connectivity index (χ1v) is 4.92. The highest BCUT2D eigenvalue weighted by Crippen LogP contribution is 2.41. The van der Waals surface area contributed by atoms with Gasteiger partial charge in [-0.2, -0.15) is 0 Å². The van der Waals surface area contributed by atoms with Crippen LogP contribution in [0, 0.1) is 5.41 Å². The van der Waals surface area contributed by atoms with Gasteiger partial charge < -0.3 is 11.1 Å². The van der Waals surface area contributed by atoms with E-state index in [9.17, 15) is 0 Å². The summed E-state index contributed by atoms with van der Waals surface area (Å²) in [4.78, 5) is 8.16. The van der Waals surface area contributed by atoms with Crippen LogP contribution in [0.4, 0.5) is 11.6 Å². The molecule has 3 N–H and O–H groups in total. The summed E-state index contributed by atoms with van der Waals surface area (Å²) in [5.41, 5.74) is 6.05. The van der Waals surface area contributed by atoms with Crippen molar-refractivity contribution in [2.24, 2.45) is 5.41 Å². The number of aromatic nitrogens is 2. The predicted molar refractivity (Wildman–Crippen MR) is 56.9 cm³/mol. The molecule has 1 aliphatic rings. The second-order valence-corrected chi connectivity index (χ2v) is 4.51. The van der Waals surface area contributed by atoms with Crippen LogP contribution in [-0.2, 0) is 0 Å². The van der Waals surface area contributed by atoms with Crippen LogP contribution in [0.5, 0.6) is 0 Å². The molecule has 1 atom stereocenters. The van der Waals surface area contributed by atoms with E-state index in [2.05, 4.69) is 29.1 Å². The third kappa shape index (κ3) is 1.52. The molecular formula is C10H16N4. The lowest BCUT2D eigenvalue weighted by molar-refractivity contribution is 0.159. The van der Waals surface area contributed by atoms with Gasteiger partial charge in [-0.15, -0.1) is 0 Å².